The van der Waals surface area contributed by atoms with Crippen LogP contribution >= 0.6 is 0 Å². The van der Waals surface area contributed by atoms with E-state index in [4.69, 9.17) is 0 Å². The van der Waals surface area contributed by atoms with Crippen molar-refractivity contribution in [1.29, 1.82) is 0 Å². The average Bonchev–Trinajstić information content (AvgIpc) is 2.19. The first-order valence-corrected chi connectivity index (χ1v) is 6.11. The van der Waals surface area contributed by atoms with E-state index in [2.05, 4.69) is 39.5 Å². The van der Waals surface area contributed by atoms with Crippen LogP contribution in [0.4, 0.5) is 0 Å². The Morgan fingerprint density at radius 2 is 2.27 bits per heavy atom. The molecule has 0 heteroatoms. The van der Waals surface area contributed by atoms with E-state index in [1.54, 1.807) is 5.57 Å². The molecular formula is C15H22. The predicted molar refractivity (Wildman–Crippen MR) is 66.7 cm³/mol. The molecule has 0 aromatic rings. The van der Waals surface area contributed by atoms with Crippen LogP contribution in [0.25, 0.3) is 0 Å². The van der Waals surface area contributed by atoms with Crippen LogP contribution in [0.3, 0.4) is 0 Å². The second-order valence-corrected chi connectivity index (χ2v) is 5.46. The Balaban J connectivity index is 2.36. The van der Waals surface area contributed by atoms with Crippen molar-refractivity contribution in [2.45, 2.75) is 46.5 Å². The zero-order chi connectivity index (χ0) is 11.1. The molecule has 82 valence electrons. The van der Waals surface area contributed by atoms with E-state index in [-0.39, 0.29) is 0 Å². The lowest BCUT2D eigenvalue weighted by Crippen LogP contribution is -2.31. The first-order chi connectivity index (χ1) is 7.04. The minimum Gasteiger partial charge on any atom is -0.0958 e. The summed E-state index contributed by atoms with van der Waals surface area (Å²) in [7, 11) is 0. The van der Waals surface area contributed by atoms with E-state index in [0.717, 1.165) is 12.3 Å². The molecule has 2 atom stereocenters. The minimum atomic E-state index is 0.324. The van der Waals surface area contributed by atoms with E-state index in [1.165, 1.54) is 30.4 Å². The lowest BCUT2D eigenvalue weighted by molar-refractivity contribution is 0.258. The van der Waals surface area contributed by atoms with Crippen molar-refractivity contribution in [3.05, 3.63) is 35.5 Å². The van der Waals surface area contributed by atoms with Crippen molar-refractivity contribution in [3.63, 3.8) is 0 Å². The summed E-state index contributed by atoms with van der Waals surface area (Å²) in [5.41, 5.74) is 4.69. The summed E-state index contributed by atoms with van der Waals surface area (Å²) in [6, 6.07) is 0. The van der Waals surface area contributed by atoms with Gasteiger partial charge in [0.2, 0.25) is 0 Å². The Morgan fingerprint density at radius 3 is 2.93 bits per heavy atom. The molecule has 0 saturated heterocycles. The van der Waals surface area contributed by atoms with Gasteiger partial charge in [0.25, 0.3) is 0 Å². The van der Waals surface area contributed by atoms with Crippen molar-refractivity contribution in [2.24, 2.45) is 11.3 Å². The first-order valence-electron chi connectivity index (χ1n) is 6.11. The third kappa shape index (κ3) is 1.71. The smallest absolute Gasteiger partial charge is 0.00941 e. The maximum atomic E-state index is 4.08. The fourth-order valence-corrected chi connectivity index (χ4v) is 2.99. The van der Waals surface area contributed by atoms with E-state index < -0.39 is 0 Å². The van der Waals surface area contributed by atoms with Gasteiger partial charge in [0.05, 0.1) is 0 Å². The molecule has 0 heterocycles. The quantitative estimate of drug-likeness (QED) is 0.543. The van der Waals surface area contributed by atoms with Gasteiger partial charge in [-0.15, -0.1) is 0 Å². The molecule has 0 aromatic carbocycles. The van der Waals surface area contributed by atoms with Crippen molar-refractivity contribution in [3.8, 4) is 0 Å². The average molecular weight is 202 g/mol. The molecule has 0 spiro atoms. The van der Waals surface area contributed by atoms with Gasteiger partial charge in [-0.05, 0) is 44.1 Å². The van der Waals surface area contributed by atoms with Crippen LogP contribution in [0, 0.1) is 11.3 Å². The van der Waals surface area contributed by atoms with Gasteiger partial charge in [-0.25, -0.2) is 0 Å². The number of hydrogen-bond donors (Lipinski definition) is 0. The van der Waals surface area contributed by atoms with E-state index >= 15 is 0 Å². The Bertz CT molecular complexity index is 343. The second-order valence-electron chi connectivity index (χ2n) is 5.46. The normalized spacial score (nSPS) is 35.3. The van der Waals surface area contributed by atoms with Crippen molar-refractivity contribution in [2.75, 3.05) is 0 Å². The Kier molecular flexibility index (Phi) is 2.62. The molecule has 0 radical (unpaired) electrons. The highest BCUT2D eigenvalue weighted by molar-refractivity contribution is 5.40. The van der Waals surface area contributed by atoms with Crippen LogP contribution in [-0.2, 0) is 0 Å². The van der Waals surface area contributed by atoms with Gasteiger partial charge in [0.15, 0.2) is 0 Å². The third-order valence-corrected chi connectivity index (χ3v) is 4.39. The number of rotatable bonds is 1. The molecule has 0 nitrogen and oxygen atoms in total. The third-order valence-electron chi connectivity index (χ3n) is 4.39. The number of fused-ring (bicyclic) bond motifs is 1. The first kappa shape index (κ1) is 10.7. The topological polar surface area (TPSA) is 0 Å². The largest absolute Gasteiger partial charge is 0.0958 e. The van der Waals surface area contributed by atoms with E-state index in [1.807, 2.05) is 0 Å². The Morgan fingerprint density at radius 1 is 1.53 bits per heavy atom. The molecule has 2 aliphatic carbocycles. The van der Waals surface area contributed by atoms with Crippen LogP contribution in [0.1, 0.15) is 46.5 Å². The number of allylic oxidation sites excluding steroid dienone is 5. The van der Waals surface area contributed by atoms with Crippen LogP contribution < -0.4 is 0 Å². The van der Waals surface area contributed by atoms with Crippen molar-refractivity contribution < 1.29 is 0 Å². The second kappa shape index (κ2) is 3.66. The van der Waals surface area contributed by atoms with Gasteiger partial charge in [-0.2, -0.15) is 0 Å². The molecule has 2 unspecified atom stereocenters. The predicted octanol–water partition coefficient (Wildman–Crippen LogP) is 4.65. The highest BCUT2D eigenvalue weighted by Gasteiger charge is 2.37. The lowest BCUT2D eigenvalue weighted by Gasteiger charge is -2.43. The van der Waals surface area contributed by atoms with Gasteiger partial charge in [-0.1, -0.05) is 43.7 Å². The summed E-state index contributed by atoms with van der Waals surface area (Å²) in [4.78, 5) is 0. The van der Waals surface area contributed by atoms with E-state index in [9.17, 15) is 0 Å². The molecule has 0 N–H and O–H groups in total. The molecule has 15 heavy (non-hydrogen) atoms. The maximum absolute atomic E-state index is 4.08. The highest BCUT2D eigenvalue weighted by Crippen LogP contribution is 2.49. The summed E-state index contributed by atoms with van der Waals surface area (Å²) >= 11 is 0. The Labute approximate surface area is 93.8 Å². The zero-order valence-corrected chi connectivity index (χ0v) is 10.3. The molecule has 0 bridgehead atoms. The fourth-order valence-electron chi connectivity index (χ4n) is 2.99. The Hall–Kier alpha value is -0.780. The molecule has 0 aliphatic heterocycles. The monoisotopic (exact) mass is 202 g/mol. The number of hydrogen-bond acceptors (Lipinski definition) is 0. The summed E-state index contributed by atoms with van der Waals surface area (Å²) in [5, 5.41) is 0. The lowest BCUT2D eigenvalue weighted by atomic mass is 9.62. The molecule has 0 aromatic heterocycles. The maximum Gasteiger partial charge on any atom is 0.00941 e. The van der Waals surface area contributed by atoms with Crippen LogP contribution in [0.15, 0.2) is 35.5 Å². The van der Waals surface area contributed by atoms with Gasteiger partial charge in [-0.3, -0.25) is 0 Å². The zero-order valence-electron chi connectivity index (χ0n) is 10.3. The molecular weight excluding hydrogens is 180 g/mol. The van der Waals surface area contributed by atoms with Crippen LogP contribution in [0.2, 0.25) is 0 Å². The van der Waals surface area contributed by atoms with Crippen LogP contribution in [-0.4, -0.2) is 0 Å². The van der Waals surface area contributed by atoms with Gasteiger partial charge in [0, 0.05) is 5.41 Å². The van der Waals surface area contributed by atoms with Crippen molar-refractivity contribution in [1.82, 2.24) is 0 Å². The van der Waals surface area contributed by atoms with E-state index in [0.29, 0.717) is 5.41 Å². The molecule has 1 fully saturated rings. The summed E-state index contributed by atoms with van der Waals surface area (Å²) < 4.78 is 0. The molecule has 2 aliphatic rings. The molecule has 2 rings (SSSR count). The summed E-state index contributed by atoms with van der Waals surface area (Å²) in [6.45, 7) is 11.0. The fraction of sp³-hybridized carbons (Fsp3) is 0.600. The SMILES string of the molecule is C=C(C)C1=CC2(C)C(=CC1)CCCC2C. The highest BCUT2D eigenvalue weighted by atomic mass is 14.4. The van der Waals surface area contributed by atoms with Gasteiger partial charge < -0.3 is 0 Å². The van der Waals surface area contributed by atoms with Crippen LogP contribution in [0.5, 0.6) is 0 Å². The molecule has 1 saturated carbocycles. The standard InChI is InChI=1S/C15H22/c1-11(2)13-8-9-14-7-5-6-12(3)15(14,4)10-13/h9-10,12H,1,5-8H2,2-4H3. The van der Waals surface area contributed by atoms with Gasteiger partial charge in [0.1, 0.15) is 0 Å². The minimum absolute atomic E-state index is 0.324. The summed E-state index contributed by atoms with van der Waals surface area (Å²) in [6.07, 6.45) is 10.1. The molecule has 0 amide bonds. The van der Waals surface area contributed by atoms with Crippen molar-refractivity contribution >= 4 is 0 Å². The van der Waals surface area contributed by atoms with Gasteiger partial charge >= 0.3 is 0 Å². The summed E-state index contributed by atoms with van der Waals surface area (Å²) in [5.74, 6) is 0.784.